The van der Waals surface area contributed by atoms with E-state index in [2.05, 4.69) is 4.90 Å². The van der Waals surface area contributed by atoms with Gasteiger partial charge in [0.05, 0.1) is 12.1 Å². The highest BCUT2D eigenvalue weighted by Crippen LogP contribution is 2.31. The van der Waals surface area contributed by atoms with Crippen molar-refractivity contribution in [1.82, 2.24) is 4.90 Å². The SMILES string of the molecule is CCC(N)C(c1ccc(F)cc1)N1CCCCC1C(N)=O. The summed E-state index contributed by atoms with van der Waals surface area (Å²) in [6.07, 6.45) is 3.58. The highest BCUT2D eigenvalue weighted by molar-refractivity contribution is 5.80. The van der Waals surface area contributed by atoms with Gasteiger partial charge < -0.3 is 11.5 Å². The molecule has 5 heteroatoms. The van der Waals surface area contributed by atoms with Crippen LogP contribution in [0, 0.1) is 5.82 Å². The highest BCUT2D eigenvalue weighted by Gasteiger charge is 2.35. The number of primary amides is 1. The lowest BCUT2D eigenvalue weighted by molar-refractivity contribution is -0.125. The van der Waals surface area contributed by atoms with E-state index in [1.807, 2.05) is 6.92 Å². The van der Waals surface area contributed by atoms with Crippen LogP contribution in [-0.2, 0) is 4.79 Å². The second-order valence-corrected chi connectivity index (χ2v) is 5.72. The van der Waals surface area contributed by atoms with E-state index in [1.165, 1.54) is 12.1 Å². The highest BCUT2D eigenvalue weighted by atomic mass is 19.1. The molecule has 1 aliphatic heterocycles. The number of carbonyl (C=O) groups excluding carboxylic acids is 1. The van der Waals surface area contributed by atoms with Crippen LogP contribution < -0.4 is 11.5 Å². The molecular formula is C16H24FN3O. The molecule has 0 aliphatic carbocycles. The number of amides is 1. The molecule has 4 N–H and O–H groups in total. The van der Waals surface area contributed by atoms with Crippen LogP contribution in [0.1, 0.15) is 44.2 Å². The van der Waals surface area contributed by atoms with Gasteiger partial charge in [-0.05, 0) is 43.5 Å². The molecule has 3 unspecified atom stereocenters. The maximum absolute atomic E-state index is 13.2. The van der Waals surface area contributed by atoms with E-state index >= 15 is 0 Å². The molecule has 1 amide bonds. The largest absolute Gasteiger partial charge is 0.368 e. The fourth-order valence-electron chi connectivity index (χ4n) is 3.16. The summed E-state index contributed by atoms with van der Waals surface area (Å²) in [6, 6.07) is 5.88. The van der Waals surface area contributed by atoms with Crippen LogP contribution in [0.25, 0.3) is 0 Å². The van der Waals surface area contributed by atoms with Gasteiger partial charge in [-0.2, -0.15) is 0 Å². The topological polar surface area (TPSA) is 72.3 Å². The minimum atomic E-state index is -0.301. The number of likely N-dealkylation sites (tertiary alicyclic amines) is 1. The molecule has 1 saturated heterocycles. The van der Waals surface area contributed by atoms with E-state index in [-0.39, 0.29) is 29.8 Å². The molecule has 4 nitrogen and oxygen atoms in total. The first-order valence-corrected chi connectivity index (χ1v) is 7.60. The molecule has 0 spiro atoms. The van der Waals surface area contributed by atoms with E-state index < -0.39 is 0 Å². The molecule has 1 aromatic rings. The Labute approximate surface area is 125 Å². The monoisotopic (exact) mass is 293 g/mol. The van der Waals surface area contributed by atoms with Gasteiger partial charge in [-0.1, -0.05) is 25.5 Å². The summed E-state index contributed by atoms with van der Waals surface area (Å²) in [5, 5.41) is 0. The number of benzene rings is 1. The van der Waals surface area contributed by atoms with Crippen LogP contribution in [0.15, 0.2) is 24.3 Å². The van der Waals surface area contributed by atoms with Crippen LogP contribution in [0.2, 0.25) is 0 Å². The van der Waals surface area contributed by atoms with Crippen molar-refractivity contribution in [3.05, 3.63) is 35.6 Å². The van der Waals surface area contributed by atoms with Gasteiger partial charge in [-0.25, -0.2) is 4.39 Å². The zero-order chi connectivity index (χ0) is 15.4. The second kappa shape index (κ2) is 7.00. The standard InChI is InChI=1S/C16H24FN3O/c1-2-13(18)15(11-6-8-12(17)9-7-11)20-10-4-3-5-14(20)16(19)21/h6-9,13-15H,2-5,10,18H2,1H3,(H2,19,21). The molecule has 116 valence electrons. The summed E-state index contributed by atoms with van der Waals surface area (Å²) < 4.78 is 13.2. The van der Waals surface area contributed by atoms with Crippen molar-refractivity contribution in [2.24, 2.45) is 11.5 Å². The van der Waals surface area contributed by atoms with Crippen LogP contribution in [0.3, 0.4) is 0 Å². The fraction of sp³-hybridized carbons (Fsp3) is 0.562. The maximum Gasteiger partial charge on any atom is 0.234 e. The summed E-state index contributed by atoms with van der Waals surface area (Å²) in [4.78, 5) is 13.8. The van der Waals surface area contributed by atoms with Gasteiger partial charge >= 0.3 is 0 Å². The lowest BCUT2D eigenvalue weighted by Gasteiger charge is -2.42. The fourth-order valence-corrected chi connectivity index (χ4v) is 3.16. The first kappa shape index (κ1) is 15.9. The molecular weight excluding hydrogens is 269 g/mol. The minimum Gasteiger partial charge on any atom is -0.368 e. The van der Waals surface area contributed by atoms with Gasteiger partial charge in [-0.15, -0.1) is 0 Å². The summed E-state index contributed by atoms with van der Waals surface area (Å²) in [5.41, 5.74) is 12.8. The van der Waals surface area contributed by atoms with Crippen molar-refractivity contribution < 1.29 is 9.18 Å². The third-order valence-corrected chi connectivity index (χ3v) is 4.32. The Hall–Kier alpha value is -1.46. The Balaban J connectivity index is 2.34. The van der Waals surface area contributed by atoms with Crippen LogP contribution in [0.4, 0.5) is 4.39 Å². The zero-order valence-electron chi connectivity index (χ0n) is 12.5. The van der Waals surface area contributed by atoms with Crippen molar-refractivity contribution in [2.75, 3.05) is 6.54 Å². The van der Waals surface area contributed by atoms with Gasteiger partial charge in [0, 0.05) is 6.04 Å². The van der Waals surface area contributed by atoms with Crippen LogP contribution in [0.5, 0.6) is 0 Å². The zero-order valence-corrected chi connectivity index (χ0v) is 12.5. The number of hydrogen-bond acceptors (Lipinski definition) is 3. The van der Waals surface area contributed by atoms with E-state index in [1.54, 1.807) is 12.1 Å². The predicted molar refractivity (Wildman–Crippen MR) is 80.9 cm³/mol. The van der Waals surface area contributed by atoms with Gasteiger partial charge in [-0.3, -0.25) is 9.69 Å². The Kier molecular flexibility index (Phi) is 5.31. The van der Waals surface area contributed by atoms with Crippen LogP contribution >= 0.6 is 0 Å². The Morgan fingerprint density at radius 3 is 2.62 bits per heavy atom. The molecule has 1 aromatic carbocycles. The van der Waals surface area contributed by atoms with E-state index in [0.29, 0.717) is 0 Å². The molecule has 0 saturated carbocycles. The van der Waals surface area contributed by atoms with E-state index in [9.17, 15) is 9.18 Å². The van der Waals surface area contributed by atoms with Crippen molar-refractivity contribution in [2.45, 2.75) is 50.7 Å². The van der Waals surface area contributed by atoms with Gasteiger partial charge in [0.1, 0.15) is 5.82 Å². The molecule has 0 radical (unpaired) electrons. The quantitative estimate of drug-likeness (QED) is 0.871. The van der Waals surface area contributed by atoms with Gasteiger partial charge in [0.2, 0.25) is 5.91 Å². The average Bonchev–Trinajstić information content (AvgIpc) is 2.49. The predicted octanol–water partition coefficient (Wildman–Crippen LogP) is 1.94. The summed E-state index contributed by atoms with van der Waals surface area (Å²) in [6.45, 7) is 2.81. The average molecular weight is 293 g/mol. The van der Waals surface area contributed by atoms with Crippen molar-refractivity contribution >= 4 is 5.91 Å². The number of hydrogen-bond donors (Lipinski definition) is 2. The molecule has 1 fully saturated rings. The molecule has 1 aliphatic rings. The van der Waals surface area contributed by atoms with E-state index in [4.69, 9.17) is 11.5 Å². The third-order valence-electron chi connectivity index (χ3n) is 4.32. The molecule has 0 bridgehead atoms. The number of piperidine rings is 1. The van der Waals surface area contributed by atoms with Gasteiger partial charge in [0.15, 0.2) is 0 Å². The Morgan fingerprint density at radius 2 is 2.05 bits per heavy atom. The number of rotatable bonds is 5. The first-order valence-electron chi connectivity index (χ1n) is 7.60. The molecule has 21 heavy (non-hydrogen) atoms. The molecule has 1 heterocycles. The summed E-state index contributed by atoms with van der Waals surface area (Å²) in [7, 11) is 0. The number of nitrogens with two attached hydrogens (primary N) is 2. The summed E-state index contributed by atoms with van der Waals surface area (Å²) >= 11 is 0. The first-order chi connectivity index (χ1) is 10.0. The number of carbonyl (C=O) groups is 1. The lowest BCUT2D eigenvalue weighted by atomic mass is 9.91. The number of halogens is 1. The van der Waals surface area contributed by atoms with Crippen LogP contribution in [-0.4, -0.2) is 29.4 Å². The summed E-state index contributed by atoms with van der Waals surface area (Å²) in [5.74, 6) is -0.571. The Morgan fingerprint density at radius 1 is 1.38 bits per heavy atom. The number of nitrogens with zero attached hydrogens (tertiary/aromatic N) is 1. The van der Waals surface area contributed by atoms with Gasteiger partial charge in [0.25, 0.3) is 0 Å². The normalized spacial score (nSPS) is 22.7. The molecule has 2 rings (SSSR count). The molecule has 3 atom stereocenters. The third kappa shape index (κ3) is 3.60. The van der Waals surface area contributed by atoms with Crippen molar-refractivity contribution in [1.29, 1.82) is 0 Å². The minimum absolute atomic E-state index is 0.103. The van der Waals surface area contributed by atoms with E-state index in [0.717, 1.165) is 37.8 Å². The van der Waals surface area contributed by atoms with Crippen molar-refractivity contribution in [3.63, 3.8) is 0 Å². The maximum atomic E-state index is 13.2. The Bertz CT molecular complexity index is 477. The molecule has 0 aromatic heterocycles. The second-order valence-electron chi connectivity index (χ2n) is 5.72. The smallest absolute Gasteiger partial charge is 0.234 e. The van der Waals surface area contributed by atoms with Crippen molar-refractivity contribution in [3.8, 4) is 0 Å². The lowest BCUT2D eigenvalue weighted by Crippen LogP contribution is -2.53.